The van der Waals surface area contributed by atoms with Crippen molar-refractivity contribution in [1.82, 2.24) is 19.6 Å². The van der Waals surface area contributed by atoms with E-state index in [4.69, 9.17) is 5.73 Å². The predicted octanol–water partition coefficient (Wildman–Crippen LogP) is 5.51. The van der Waals surface area contributed by atoms with Crippen LogP contribution in [0.3, 0.4) is 0 Å². The van der Waals surface area contributed by atoms with Gasteiger partial charge in [0, 0.05) is 57.4 Å². The van der Waals surface area contributed by atoms with E-state index in [1.165, 1.54) is 6.42 Å². The fourth-order valence-corrected chi connectivity index (χ4v) is 5.22. The Hall–Kier alpha value is -2.82. The lowest BCUT2D eigenvalue weighted by Gasteiger charge is -2.33. The van der Waals surface area contributed by atoms with Gasteiger partial charge in [0.1, 0.15) is 5.57 Å². The fourth-order valence-electron chi connectivity index (χ4n) is 5.22. The molecule has 0 aliphatic carbocycles. The number of aryl methyl sites for hydroxylation is 1. The van der Waals surface area contributed by atoms with Crippen molar-refractivity contribution in [1.29, 1.82) is 0 Å². The van der Waals surface area contributed by atoms with Crippen LogP contribution >= 0.6 is 0 Å². The Morgan fingerprint density at radius 1 is 1.23 bits per heavy atom. The zero-order valence-electron chi connectivity index (χ0n) is 23.7. The second-order valence-corrected chi connectivity index (χ2v) is 10.9. The van der Waals surface area contributed by atoms with Gasteiger partial charge in [-0.15, -0.1) is 0 Å². The maximum absolute atomic E-state index is 14.1. The molecule has 1 aromatic heterocycles. The summed E-state index contributed by atoms with van der Waals surface area (Å²) in [5, 5.41) is 7.41. The average Bonchev–Trinajstić information content (AvgIpc) is 3.11. The largest absolute Gasteiger partial charge is 0.421 e. The van der Waals surface area contributed by atoms with E-state index in [9.17, 15) is 13.2 Å². The van der Waals surface area contributed by atoms with Crippen LogP contribution in [0.25, 0.3) is 0 Å². The molecule has 11 heteroatoms. The Morgan fingerprint density at radius 2 is 1.97 bits per heavy atom. The molecule has 0 unspecified atom stereocenters. The third-order valence-electron chi connectivity index (χ3n) is 7.27. The number of halogens is 3. The first-order valence-corrected chi connectivity index (χ1v) is 14.1. The van der Waals surface area contributed by atoms with Crippen LogP contribution in [0.1, 0.15) is 70.5 Å². The molecule has 1 aromatic rings. The summed E-state index contributed by atoms with van der Waals surface area (Å²) in [5.74, 6) is 0.185. The van der Waals surface area contributed by atoms with Crippen LogP contribution in [-0.2, 0) is 0 Å². The number of aliphatic imine (C=N–C) groups is 2. The van der Waals surface area contributed by atoms with Crippen molar-refractivity contribution in [2.75, 3.05) is 44.6 Å². The molecule has 0 amide bonds. The second-order valence-electron chi connectivity index (χ2n) is 10.9. The smallest absolute Gasteiger partial charge is 0.390 e. The second kappa shape index (κ2) is 14.5. The molecule has 0 saturated carbocycles. The molecule has 2 saturated heterocycles. The summed E-state index contributed by atoms with van der Waals surface area (Å²) in [6.07, 6.45) is 5.79. The van der Waals surface area contributed by atoms with Crippen LogP contribution in [0.5, 0.6) is 0 Å². The molecule has 2 aliphatic rings. The highest BCUT2D eigenvalue weighted by molar-refractivity contribution is 6.03. The van der Waals surface area contributed by atoms with Crippen LogP contribution in [0, 0.1) is 12.8 Å². The molecule has 3 rings (SSSR count). The Kier molecular flexibility index (Phi) is 11.4. The fraction of sp³-hybridized carbons (Fsp3) is 0.679. The standard InChI is InChI=1S/C28H45F3N8/c1-21(2)18-37-15-10-24(11-16-37)39-19-26(23(4)36-39)34-17-25(28(29,30)31)27(35-20-32)33-12-8-14-38-13-7-5-6-9-22(38)3/h17,19-21,24,34H,3,5-16,18H2,1-2,4H3,(H2,32,33,35). The van der Waals surface area contributed by atoms with Crippen LogP contribution in [-0.4, -0.2) is 77.2 Å². The van der Waals surface area contributed by atoms with E-state index in [1.54, 1.807) is 13.1 Å². The SMILES string of the molecule is C=C1CCCCCN1CCCN=C(N=CN)C(=CNc1cn(C2CCN(CC(C)C)CC2)nc1C)C(F)(F)F. The van der Waals surface area contributed by atoms with E-state index in [0.29, 0.717) is 30.3 Å². The number of alkyl halides is 3. The van der Waals surface area contributed by atoms with Crippen molar-refractivity contribution >= 4 is 17.9 Å². The summed E-state index contributed by atoms with van der Waals surface area (Å²) < 4.78 is 44.1. The molecule has 3 heterocycles. The molecule has 0 bridgehead atoms. The van der Waals surface area contributed by atoms with E-state index >= 15 is 0 Å². The number of likely N-dealkylation sites (tertiary alicyclic amines) is 2. The minimum Gasteiger partial charge on any atom is -0.390 e. The summed E-state index contributed by atoms with van der Waals surface area (Å²) in [6.45, 7) is 15.3. The van der Waals surface area contributed by atoms with Crippen LogP contribution in [0.4, 0.5) is 18.9 Å². The maximum Gasteiger partial charge on any atom is 0.421 e. The van der Waals surface area contributed by atoms with Crippen molar-refractivity contribution in [3.05, 3.63) is 35.9 Å². The lowest BCUT2D eigenvalue weighted by molar-refractivity contribution is -0.0862. The number of allylic oxidation sites excluding steroid dienone is 1. The molecule has 0 spiro atoms. The number of nitrogens with zero attached hydrogens (tertiary/aromatic N) is 6. The molecule has 2 aliphatic heterocycles. The molecule has 0 radical (unpaired) electrons. The van der Waals surface area contributed by atoms with Gasteiger partial charge in [-0.3, -0.25) is 9.67 Å². The lowest BCUT2D eigenvalue weighted by Crippen LogP contribution is -2.37. The molecule has 0 aromatic carbocycles. The van der Waals surface area contributed by atoms with Gasteiger partial charge in [0.15, 0.2) is 5.84 Å². The first-order valence-electron chi connectivity index (χ1n) is 14.1. The van der Waals surface area contributed by atoms with Gasteiger partial charge in [0.2, 0.25) is 0 Å². The molecular formula is C28H45F3N8. The van der Waals surface area contributed by atoms with Crippen molar-refractivity contribution in [3.63, 3.8) is 0 Å². The number of hydrogen-bond acceptors (Lipinski definition) is 5. The van der Waals surface area contributed by atoms with Gasteiger partial charge in [0.25, 0.3) is 0 Å². The summed E-state index contributed by atoms with van der Waals surface area (Å²) >= 11 is 0. The number of piperidine rings is 1. The summed E-state index contributed by atoms with van der Waals surface area (Å²) in [7, 11) is 0. The Balaban J connectivity index is 1.67. The Morgan fingerprint density at radius 3 is 2.64 bits per heavy atom. The van der Waals surface area contributed by atoms with E-state index < -0.39 is 17.6 Å². The molecular weight excluding hydrogens is 505 g/mol. The predicted molar refractivity (Wildman–Crippen MR) is 153 cm³/mol. The third-order valence-corrected chi connectivity index (χ3v) is 7.27. The molecule has 39 heavy (non-hydrogen) atoms. The Bertz CT molecular complexity index is 1020. The average molecular weight is 551 g/mol. The van der Waals surface area contributed by atoms with E-state index in [-0.39, 0.29) is 12.6 Å². The number of nitrogens with one attached hydrogen (secondary N) is 1. The number of hydrogen-bond donors (Lipinski definition) is 2. The normalized spacial score (nSPS) is 19.4. The minimum atomic E-state index is -4.66. The van der Waals surface area contributed by atoms with Crippen molar-refractivity contribution in [2.45, 2.75) is 77.9 Å². The third kappa shape index (κ3) is 9.40. The van der Waals surface area contributed by atoms with E-state index in [0.717, 1.165) is 76.5 Å². The highest BCUT2D eigenvalue weighted by Gasteiger charge is 2.37. The Labute approximate surface area is 230 Å². The first-order chi connectivity index (χ1) is 18.6. The first kappa shape index (κ1) is 30.7. The van der Waals surface area contributed by atoms with Crippen LogP contribution < -0.4 is 11.1 Å². The van der Waals surface area contributed by atoms with Gasteiger partial charge in [0.05, 0.1) is 23.8 Å². The van der Waals surface area contributed by atoms with Gasteiger partial charge in [-0.25, -0.2) is 4.99 Å². The minimum absolute atomic E-state index is 0.205. The zero-order chi connectivity index (χ0) is 28.4. The lowest BCUT2D eigenvalue weighted by atomic mass is 10.0. The summed E-state index contributed by atoms with van der Waals surface area (Å²) in [4.78, 5) is 12.6. The number of rotatable bonds is 10. The van der Waals surface area contributed by atoms with E-state index in [2.05, 4.69) is 50.6 Å². The summed E-state index contributed by atoms with van der Waals surface area (Å²) in [6, 6.07) is 0.230. The molecule has 0 atom stereocenters. The number of anilines is 1. The summed E-state index contributed by atoms with van der Waals surface area (Å²) in [5.41, 5.74) is 6.67. The van der Waals surface area contributed by atoms with Crippen LogP contribution in [0.15, 0.2) is 40.2 Å². The van der Waals surface area contributed by atoms with Gasteiger partial charge < -0.3 is 20.9 Å². The topological polar surface area (TPSA) is 87.1 Å². The highest BCUT2D eigenvalue weighted by atomic mass is 19.4. The van der Waals surface area contributed by atoms with E-state index in [1.807, 2.05) is 4.68 Å². The molecule has 218 valence electrons. The molecule has 2 fully saturated rings. The van der Waals surface area contributed by atoms with Crippen molar-refractivity contribution < 1.29 is 13.2 Å². The van der Waals surface area contributed by atoms with Gasteiger partial charge >= 0.3 is 6.18 Å². The monoisotopic (exact) mass is 550 g/mol. The van der Waals surface area contributed by atoms with Gasteiger partial charge in [-0.2, -0.15) is 18.3 Å². The van der Waals surface area contributed by atoms with Gasteiger partial charge in [-0.1, -0.05) is 26.8 Å². The highest BCUT2D eigenvalue weighted by Crippen LogP contribution is 2.29. The van der Waals surface area contributed by atoms with Crippen LogP contribution in [0.2, 0.25) is 0 Å². The van der Waals surface area contributed by atoms with Gasteiger partial charge in [-0.05, 0) is 51.4 Å². The number of aromatic nitrogens is 2. The quantitative estimate of drug-likeness (QED) is 0.228. The maximum atomic E-state index is 14.1. The van der Waals surface area contributed by atoms with Crippen molar-refractivity contribution in [2.24, 2.45) is 21.6 Å². The number of amidine groups is 1. The molecule has 3 N–H and O–H groups in total. The molecule has 8 nitrogen and oxygen atoms in total. The number of nitrogens with two attached hydrogens (primary N) is 1. The zero-order valence-corrected chi connectivity index (χ0v) is 23.7. The van der Waals surface area contributed by atoms with Crippen molar-refractivity contribution in [3.8, 4) is 0 Å².